The molecular formula is C9H7N2O3-. The molecule has 0 radical (unpaired) electrons. The van der Waals surface area contributed by atoms with Gasteiger partial charge in [-0.25, -0.2) is 4.99 Å². The molecule has 2 atom stereocenters. The number of carbonyl (C=O) groups is 1. The molecule has 0 aliphatic carbocycles. The molecule has 1 aliphatic heterocycles. The summed E-state index contributed by atoms with van der Waals surface area (Å²) in [7, 11) is 0. The number of hydrogen-bond donors (Lipinski definition) is 0. The van der Waals surface area contributed by atoms with Gasteiger partial charge < -0.3 is 14.6 Å². The Morgan fingerprint density at radius 3 is 2.79 bits per heavy atom. The fourth-order valence-electron chi connectivity index (χ4n) is 1.32. The number of nitrogens with zero attached hydrogens (tertiary/aromatic N) is 2. The van der Waals surface area contributed by atoms with Crippen molar-refractivity contribution in [3.63, 3.8) is 0 Å². The number of carboxylic acid groups (broad SMARTS) is 1. The molecule has 0 saturated heterocycles. The van der Waals surface area contributed by atoms with Crippen molar-refractivity contribution in [2.24, 2.45) is 4.99 Å². The third kappa shape index (κ3) is 1.44. The molecule has 5 heteroatoms. The highest BCUT2D eigenvalue weighted by Gasteiger charge is 2.28. The standard InChI is InChI=1S/C9H8N2O3/c12-9(13)7-8(14-5-11-7)6-1-3-10-4-2-6/h1-5,7-8H,(H,12,13)/p-1/t7-,8+/m0/s1. The average molecular weight is 191 g/mol. The van der Waals surface area contributed by atoms with Crippen LogP contribution in [0.2, 0.25) is 0 Å². The predicted octanol–water partition coefficient (Wildman–Crippen LogP) is -0.700. The van der Waals surface area contributed by atoms with Crippen LogP contribution in [0, 0.1) is 0 Å². The van der Waals surface area contributed by atoms with E-state index in [0.717, 1.165) is 12.0 Å². The molecular weight excluding hydrogens is 184 g/mol. The summed E-state index contributed by atoms with van der Waals surface area (Å²) in [6.45, 7) is 0. The Bertz CT molecular complexity index is 364. The second kappa shape index (κ2) is 3.45. The highest BCUT2D eigenvalue weighted by atomic mass is 16.5. The molecule has 0 N–H and O–H groups in total. The molecule has 14 heavy (non-hydrogen) atoms. The maximum Gasteiger partial charge on any atom is 0.171 e. The zero-order valence-corrected chi connectivity index (χ0v) is 7.16. The molecule has 72 valence electrons. The summed E-state index contributed by atoms with van der Waals surface area (Å²) >= 11 is 0. The number of carboxylic acids is 1. The van der Waals surface area contributed by atoms with E-state index in [9.17, 15) is 9.90 Å². The van der Waals surface area contributed by atoms with Crippen LogP contribution < -0.4 is 5.11 Å². The van der Waals surface area contributed by atoms with E-state index in [4.69, 9.17) is 4.74 Å². The van der Waals surface area contributed by atoms with Gasteiger partial charge in [0.15, 0.2) is 12.5 Å². The number of aliphatic imine (C=N–C) groups is 1. The van der Waals surface area contributed by atoms with Crippen LogP contribution >= 0.6 is 0 Å². The monoisotopic (exact) mass is 191 g/mol. The van der Waals surface area contributed by atoms with Gasteiger partial charge in [0.05, 0.1) is 5.97 Å². The van der Waals surface area contributed by atoms with Crippen molar-refractivity contribution < 1.29 is 14.6 Å². The Morgan fingerprint density at radius 1 is 1.43 bits per heavy atom. The van der Waals surface area contributed by atoms with Crippen molar-refractivity contribution in [1.82, 2.24) is 4.98 Å². The first-order chi connectivity index (χ1) is 6.79. The third-order valence-corrected chi connectivity index (χ3v) is 1.99. The van der Waals surface area contributed by atoms with E-state index in [-0.39, 0.29) is 0 Å². The van der Waals surface area contributed by atoms with Crippen molar-refractivity contribution in [3.05, 3.63) is 30.1 Å². The summed E-state index contributed by atoms with van der Waals surface area (Å²) in [5.74, 6) is -1.24. The molecule has 1 aromatic heterocycles. The maximum atomic E-state index is 10.7. The van der Waals surface area contributed by atoms with E-state index in [2.05, 4.69) is 9.98 Å². The first-order valence-corrected chi connectivity index (χ1v) is 4.07. The Morgan fingerprint density at radius 2 is 2.14 bits per heavy atom. The Labute approximate surface area is 80.1 Å². The highest BCUT2D eigenvalue weighted by Crippen LogP contribution is 2.25. The lowest BCUT2D eigenvalue weighted by Gasteiger charge is -2.17. The zero-order chi connectivity index (χ0) is 9.97. The molecule has 2 rings (SSSR count). The van der Waals surface area contributed by atoms with Gasteiger partial charge in [-0.2, -0.15) is 0 Å². The maximum absolute atomic E-state index is 10.7. The molecule has 0 bridgehead atoms. The van der Waals surface area contributed by atoms with Gasteiger partial charge >= 0.3 is 0 Å². The molecule has 0 unspecified atom stereocenters. The summed E-state index contributed by atoms with van der Waals surface area (Å²) in [6.07, 6.45) is 3.70. The van der Waals surface area contributed by atoms with Gasteiger partial charge in [0, 0.05) is 12.4 Å². The average Bonchev–Trinajstić information content (AvgIpc) is 2.67. The SMILES string of the molecule is O=C([O-])[C@H]1N=CO[C@@H]1c1ccncc1. The lowest BCUT2D eigenvalue weighted by atomic mass is 10.0. The van der Waals surface area contributed by atoms with Crippen LogP contribution in [0.15, 0.2) is 29.5 Å². The molecule has 0 fully saturated rings. The number of aromatic nitrogens is 1. The Hall–Kier alpha value is -1.91. The lowest BCUT2D eigenvalue weighted by molar-refractivity contribution is -0.308. The van der Waals surface area contributed by atoms with Gasteiger partial charge in [0.25, 0.3) is 0 Å². The van der Waals surface area contributed by atoms with Gasteiger partial charge in [0.1, 0.15) is 6.04 Å². The molecule has 5 nitrogen and oxygen atoms in total. The van der Waals surface area contributed by atoms with E-state index >= 15 is 0 Å². The largest absolute Gasteiger partial charge is 0.548 e. The number of rotatable bonds is 2. The summed E-state index contributed by atoms with van der Waals surface area (Å²) in [5.41, 5.74) is 0.728. The first kappa shape index (κ1) is 8.68. The minimum Gasteiger partial charge on any atom is -0.548 e. The van der Waals surface area contributed by atoms with E-state index in [0.29, 0.717) is 0 Å². The number of carbonyl (C=O) groups excluding carboxylic acids is 1. The normalized spacial score (nSPS) is 24.6. The van der Waals surface area contributed by atoms with Crippen molar-refractivity contribution in [2.75, 3.05) is 0 Å². The van der Waals surface area contributed by atoms with Gasteiger partial charge in [-0.1, -0.05) is 0 Å². The predicted molar refractivity (Wildman–Crippen MR) is 45.4 cm³/mol. The molecule has 0 amide bonds. The lowest BCUT2D eigenvalue weighted by Crippen LogP contribution is -2.36. The zero-order valence-electron chi connectivity index (χ0n) is 7.16. The minimum absolute atomic E-state index is 0.594. The minimum atomic E-state index is -1.24. The van der Waals surface area contributed by atoms with Crippen LogP contribution in [-0.2, 0) is 9.53 Å². The molecule has 2 heterocycles. The van der Waals surface area contributed by atoms with Crippen LogP contribution in [0.4, 0.5) is 0 Å². The van der Waals surface area contributed by atoms with Crippen LogP contribution in [-0.4, -0.2) is 23.4 Å². The third-order valence-electron chi connectivity index (χ3n) is 1.99. The highest BCUT2D eigenvalue weighted by molar-refractivity contribution is 5.76. The smallest absolute Gasteiger partial charge is 0.171 e. The quantitative estimate of drug-likeness (QED) is 0.619. The summed E-state index contributed by atoms with van der Waals surface area (Å²) < 4.78 is 5.07. The Balaban J connectivity index is 2.24. The molecule has 0 saturated carbocycles. The summed E-state index contributed by atoms with van der Waals surface area (Å²) in [4.78, 5) is 18.2. The second-order valence-electron chi connectivity index (χ2n) is 2.86. The van der Waals surface area contributed by atoms with Crippen molar-refractivity contribution in [2.45, 2.75) is 12.1 Å². The van der Waals surface area contributed by atoms with Crippen LogP contribution in [0.3, 0.4) is 0 Å². The first-order valence-electron chi connectivity index (χ1n) is 4.07. The van der Waals surface area contributed by atoms with E-state index in [1.54, 1.807) is 24.5 Å². The number of pyridine rings is 1. The topological polar surface area (TPSA) is 74.6 Å². The number of hydrogen-bond acceptors (Lipinski definition) is 5. The van der Waals surface area contributed by atoms with Gasteiger partial charge in [-0.15, -0.1) is 0 Å². The van der Waals surface area contributed by atoms with Gasteiger partial charge in [-0.05, 0) is 17.7 Å². The summed E-state index contributed by atoms with van der Waals surface area (Å²) in [6, 6.07) is 2.42. The Kier molecular flexibility index (Phi) is 2.14. The van der Waals surface area contributed by atoms with E-state index < -0.39 is 18.1 Å². The van der Waals surface area contributed by atoms with Crippen LogP contribution in [0.5, 0.6) is 0 Å². The molecule has 1 aliphatic rings. The molecule has 1 aromatic rings. The number of ether oxygens (including phenoxy) is 1. The second-order valence-corrected chi connectivity index (χ2v) is 2.86. The van der Waals surface area contributed by atoms with E-state index in [1.807, 2.05) is 0 Å². The fourth-order valence-corrected chi connectivity index (χ4v) is 1.32. The van der Waals surface area contributed by atoms with Gasteiger partial charge in [0.2, 0.25) is 0 Å². The number of aliphatic carboxylic acids is 1. The van der Waals surface area contributed by atoms with E-state index in [1.165, 1.54) is 0 Å². The molecule has 0 spiro atoms. The van der Waals surface area contributed by atoms with Crippen molar-refractivity contribution >= 4 is 12.4 Å². The fraction of sp³-hybridized carbons (Fsp3) is 0.222. The summed E-state index contributed by atoms with van der Waals surface area (Å²) in [5, 5.41) is 10.7. The van der Waals surface area contributed by atoms with Crippen LogP contribution in [0.1, 0.15) is 11.7 Å². The van der Waals surface area contributed by atoms with Crippen LogP contribution in [0.25, 0.3) is 0 Å². The van der Waals surface area contributed by atoms with Gasteiger partial charge in [-0.3, -0.25) is 4.98 Å². The molecule has 0 aromatic carbocycles. The van der Waals surface area contributed by atoms with Crippen molar-refractivity contribution in [3.8, 4) is 0 Å². The van der Waals surface area contributed by atoms with Crippen molar-refractivity contribution in [1.29, 1.82) is 0 Å².